The van der Waals surface area contributed by atoms with Gasteiger partial charge >= 0.3 is 6.03 Å². The molecule has 0 aliphatic heterocycles. The molecule has 1 saturated carbocycles. The van der Waals surface area contributed by atoms with Crippen molar-refractivity contribution >= 4 is 17.6 Å². The van der Waals surface area contributed by atoms with Crippen LogP contribution >= 0.6 is 0 Å². The van der Waals surface area contributed by atoms with Crippen molar-refractivity contribution in [3.63, 3.8) is 0 Å². The largest absolute Gasteiger partial charge is 0.335 e. The molecule has 1 aromatic carbocycles. The van der Waals surface area contributed by atoms with Gasteiger partial charge in [0.15, 0.2) is 0 Å². The Hall–Kier alpha value is -2.04. The minimum absolute atomic E-state index is 0.0152. The van der Waals surface area contributed by atoms with Crippen molar-refractivity contribution in [2.45, 2.75) is 45.1 Å². The summed E-state index contributed by atoms with van der Waals surface area (Å²) in [6.45, 7) is 2.52. The van der Waals surface area contributed by atoms with Gasteiger partial charge in [0.05, 0.1) is 6.54 Å². The monoisotopic (exact) mass is 303 g/mol. The summed E-state index contributed by atoms with van der Waals surface area (Å²) in [4.78, 5) is 25.8. The van der Waals surface area contributed by atoms with Crippen LogP contribution in [0.15, 0.2) is 30.3 Å². The minimum Gasteiger partial charge on any atom is -0.335 e. The normalized spacial score (nSPS) is 15.1. The van der Waals surface area contributed by atoms with E-state index in [1.807, 2.05) is 37.3 Å². The molecule has 0 unspecified atom stereocenters. The van der Waals surface area contributed by atoms with Crippen LogP contribution in [0.5, 0.6) is 0 Å². The van der Waals surface area contributed by atoms with Crippen LogP contribution < -0.4 is 15.5 Å². The fourth-order valence-electron chi connectivity index (χ4n) is 2.85. The maximum atomic E-state index is 12.3. The third-order valence-corrected chi connectivity index (χ3v) is 4.03. The molecule has 1 aliphatic carbocycles. The number of benzene rings is 1. The predicted molar refractivity (Wildman–Crippen MR) is 87.9 cm³/mol. The van der Waals surface area contributed by atoms with Crippen LogP contribution in [0.25, 0.3) is 0 Å². The highest BCUT2D eigenvalue weighted by atomic mass is 16.2. The summed E-state index contributed by atoms with van der Waals surface area (Å²) in [5, 5.41) is 5.62. The van der Waals surface area contributed by atoms with Gasteiger partial charge in [-0.3, -0.25) is 4.79 Å². The van der Waals surface area contributed by atoms with E-state index in [-0.39, 0.29) is 24.5 Å². The second-order valence-electron chi connectivity index (χ2n) is 5.64. The zero-order chi connectivity index (χ0) is 15.8. The number of nitrogens with one attached hydrogen (secondary N) is 2. The highest BCUT2D eigenvalue weighted by Crippen LogP contribution is 2.17. The highest BCUT2D eigenvalue weighted by molar-refractivity contribution is 5.96. The van der Waals surface area contributed by atoms with Crippen LogP contribution in [-0.4, -0.2) is 31.1 Å². The Morgan fingerprint density at radius 3 is 2.45 bits per heavy atom. The number of hydrogen-bond donors (Lipinski definition) is 2. The number of hydrogen-bond acceptors (Lipinski definition) is 2. The molecule has 0 spiro atoms. The van der Waals surface area contributed by atoms with E-state index in [0.29, 0.717) is 6.54 Å². The lowest BCUT2D eigenvalue weighted by Gasteiger charge is -2.24. The number of carbonyl (C=O) groups excluding carboxylic acids is 2. The molecule has 1 fully saturated rings. The molecular formula is C17H25N3O2. The van der Waals surface area contributed by atoms with Gasteiger partial charge in [-0.1, -0.05) is 37.5 Å². The first-order valence-corrected chi connectivity index (χ1v) is 8.10. The number of urea groups is 1. The molecule has 2 N–H and O–H groups in total. The van der Waals surface area contributed by atoms with Gasteiger partial charge in [0, 0.05) is 18.3 Å². The van der Waals surface area contributed by atoms with Gasteiger partial charge in [-0.15, -0.1) is 0 Å². The van der Waals surface area contributed by atoms with E-state index in [2.05, 4.69) is 10.6 Å². The van der Waals surface area contributed by atoms with E-state index in [1.165, 1.54) is 19.3 Å². The number of carbonyl (C=O) groups is 2. The lowest BCUT2D eigenvalue weighted by molar-refractivity contribution is -0.117. The lowest BCUT2D eigenvalue weighted by Crippen LogP contribution is -2.47. The summed E-state index contributed by atoms with van der Waals surface area (Å²) in [7, 11) is 0. The molecule has 0 atom stereocenters. The zero-order valence-electron chi connectivity index (χ0n) is 13.2. The Balaban J connectivity index is 1.79. The Kier molecular flexibility index (Phi) is 6.25. The van der Waals surface area contributed by atoms with E-state index >= 15 is 0 Å². The van der Waals surface area contributed by atoms with Crippen molar-refractivity contribution in [1.29, 1.82) is 0 Å². The van der Waals surface area contributed by atoms with Crippen LogP contribution in [0.4, 0.5) is 10.5 Å². The van der Waals surface area contributed by atoms with Gasteiger partial charge in [-0.05, 0) is 31.9 Å². The van der Waals surface area contributed by atoms with E-state index < -0.39 is 0 Å². The van der Waals surface area contributed by atoms with Crippen molar-refractivity contribution in [3.05, 3.63) is 30.3 Å². The fraction of sp³-hybridized carbons (Fsp3) is 0.529. The van der Waals surface area contributed by atoms with Crippen LogP contribution in [0, 0.1) is 0 Å². The first kappa shape index (κ1) is 16.3. The van der Waals surface area contributed by atoms with Crippen LogP contribution in [0.3, 0.4) is 0 Å². The van der Waals surface area contributed by atoms with Gasteiger partial charge in [0.2, 0.25) is 5.91 Å². The average molecular weight is 303 g/mol. The van der Waals surface area contributed by atoms with Gasteiger partial charge in [-0.2, -0.15) is 0 Å². The topological polar surface area (TPSA) is 61.4 Å². The van der Waals surface area contributed by atoms with Gasteiger partial charge in [-0.25, -0.2) is 4.79 Å². The molecule has 0 radical (unpaired) electrons. The summed E-state index contributed by atoms with van der Waals surface area (Å²) in [5.41, 5.74) is 0.851. The molecule has 5 nitrogen and oxygen atoms in total. The molecule has 1 aliphatic rings. The number of para-hydroxylation sites is 1. The first-order valence-electron chi connectivity index (χ1n) is 8.10. The summed E-state index contributed by atoms with van der Waals surface area (Å²) < 4.78 is 0. The number of likely N-dealkylation sites (N-methyl/N-ethyl adjacent to an activating group) is 1. The van der Waals surface area contributed by atoms with Crippen LogP contribution in [0.1, 0.15) is 39.0 Å². The maximum Gasteiger partial charge on any atom is 0.315 e. The molecule has 0 heterocycles. The quantitative estimate of drug-likeness (QED) is 0.878. The Bertz CT molecular complexity index is 484. The molecular weight excluding hydrogens is 278 g/mol. The Morgan fingerprint density at radius 1 is 1.14 bits per heavy atom. The summed E-state index contributed by atoms with van der Waals surface area (Å²) >= 11 is 0. The second-order valence-corrected chi connectivity index (χ2v) is 5.64. The Labute approximate surface area is 132 Å². The number of anilines is 1. The first-order chi connectivity index (χ1) is 10.7. The van der Waals surface area contributed by atoms with Gasteiger partial charge in [0.25, 0.3) is 0 Å². The average Bonchev–Trinajstić information content (AvgIpc) is 2.55. The third kappa shape index (κ3) is 4.76. The predicted octanol–water partition coefficient (Wildman–Crippen LogP) is 2.67. The van der Waals surface area contributed by atoms with Gasteiger partial charge in [0.1, 0.15) is 0 Å². The van der Waals surface area contributed by atoms with Crippen molar-refractivity contribution in [3.8, 4) is 0 Å². The number of rotatable bonds is 5. The molecule has 1 aromatic rings. The van der Waals surface area contributed by atoms with E-state index in [1.54, 1.807) is 4.90 Å². The SMILES string of the molecule is CCN(C(=O)CNC(=O)NC1CCCCC1)c1ccccc1. The van der Waals surface area contributed by atoms with Crippen molar-refractivity contribution < 1.29 is 9.59 Å². The van der Waals surface area contributed by atoms with Crippen LogP contribution in [-0.2, 0) is 4.79 Å². The van der Waals surface area contributed by atoms with E-state index in [4.69, 9.17) is 0 Å². The molecule has 0 aromatic heterocycles. The molecule has 2 rings (SSSR count). The molecule has 3 amide bonds. The van der Waals surface area contributed by atoms with Gasteiger partial charge < -0.3 is 15.5 Å². The minimum atomic E-state index is -0.246. The Morgan fingerprint density at radius 2 is 1.82 bits per heavy atom. The summed E-state index contributed by atoms with van der Waals surface area (Å²) in [6, 6.07) is 9.50. The molecule has 22 heavy (non-hydrogen) atoms. The molecule has 120 valence electrons. The second kappa shape index (κ2) is 8.41. The zero-order valence-corrected chi connectivity index (χ0v) is 13.2. The fourth-order valence-corrected chi connectivity index (χ4v) is 2.85. The van der Waals surface area contributed by atoms with Crippen molar-refractivity contribution in [2.75, 3.05) is 18.0 Å². The van der Waals surface area contributed by atoms with E-state index in [0.717, 1.165) is 18.5 Å². The lowest BCUT2D eigenvalue weighted by atomic mass is 9.96. The van der Waals surface area contributed by atoms with Crippen molar-refractivity contribution in [1.82, 2.24) is 10.6 Å². The van der Waals surface area contributed by atoms with E-state index in [9.17, 15) is 9.59 Å². The van der Waals surface area contributed by atoms with Crippen LogP contribution in [0.2, 0.25) is 0 Å². The molecule has 0 saturated heterocycles. The smallest absolute Gasteiger partial charge is 0.315 e. The molecule has 5 heteroatoms. The highest BCUT2D eigenvalue weighted by Gasteiger charge is 2.17. The summed E-state index contributed by atoms with van der Waals surface area (Å²) in [6.07, 6.45) is 5.66. The standard InChI is InChI=1S/C17H25N3O2/c1-2-20(15-11-7-4-8-12-15)16(21)13-18-17(22)19-14-9-5-3-6-10-14/h4,7-8,11-12,14H,2-3,5-6,9-10,13H2,1H3,(H2,18,19,22). The molecule has 0 bridgehead atoms. The number of nitrogens with zero attached hydrogens (tertiary/aromatic N) is 1. The maximum absolute atomic E-state index is 12.3. The van der Waals surface area contributed by atoms with Crippen molar-refractivity contribution in [2.24, 2.45) is 0 Å². The summed E-state index contributed by atoms with van der Waals surface area (Å²) in [5.74, 6) is -0.104. The third-order valence-electron chi connectivity index (χ3n) is 4.03. The number of amides is 3.